The summed E-state index contributed by atoms with van der Waals surface area (Å²) in [5.41, 5.74) is 0.494. The number of hydrogen-bond donors (Lipinski definition) is 2. The smallest absolute Gasteiger partial charge is 0.322 e. The highest BCUT2D eigenvalue weighted by molar-refractivity contribution is 6.35. The number of carbonyl (C=O) groups excluding carboxylic acids is 1. The van der Waals surface area contributed by atoms with E-state index in [1.165, 1.54) is 0 Å². The van der Waals surface area contributed by atoms with E-state index in [-0.39, 0.29) is 25.0 Å². The number of anilines is 1. The first kappa shape index (κ1) is 14.9. The Morgan fingerprint density at radius 3 is 2.35 bits per heavy atom. The Balaban J connectivity index is 2.02. The van der Waals surface area contributed by atoms with Crippen LogP contribution in [0.2, 0.25) is 10.0 Å². The molecule has 1 fully saturated rings. The lowest BCUT2D eigenvalue weighted by atomic mass is 10.3. The number of carboxylic acid groups (broad SMARTS) is 1. The van der Waals surface area contributed by atoms with E-state index in [0.29, 0.717) is 15.7 Å². The Morgan fingerprint density at radius 1 is 1.25 bits per heavy atom. The van der Waals surface area contributed by atoms with Crippen LogP contribution >= 0.6 is 23.2 Å². The van der Waals surface area contributed by atoms with Gasteiger partial charge in [-0.05, 0) is 31.0 Å². The Morgan fingerprint density at radius 2 is 1.85 bits per heavy atom. The Hall–Kier alpha value is -1.46. The molecule has 0 aromatic heterocycles. The lowest BCUT2D eigenvalue weighted by Crippen LogP contribution is -2.38. The van der Waals surface area contributed by atoms with Crippen molar-refractivity contribution in [2.45, 2.75) is 25.3 Å². The minimum atomic E-state index is -0.922. The third-order valence-corrected chi connectivity index (χ3v) is 3.37. The van der Waals surface area contributed by atoms with Gasteiger partial charge in [-0.3, -0.25) is 4.79 Å². The van der Waals surface area contributed by atoms with Gasteiger partial charge in [0.15, 0.2) is 0 Å². The van der Waals surface area contributed by atoms with E-state index in [4.69, 9.17) is 28.3 Å². The van der Waals surface area contributed by atoms with Crippen molar-refractivity contribution in [2.75, 3.05) is 11.9 Å². The lowest BCUT2D eigenvalue weighted by Gasteiger charge is -2.22. The molecule has 0 unspecified atom stereocenters. The lowest BCUT2D eigenvalue weighted by molar-refractivity contribution is -0.137. The van der Waals surface area contributed by atoms with Gasteiger partial charge in [-0.15, -0.1) is 0 Å². The molecule has 0 heterocycles. The van der Waals surface area contributed by atoms with Crippen LogP contribution in [0, 0.1) is 0 Å². The summed E-state index contributed by atoms with van der Waals surface area (Å²) in [5, 5.41) is 12.3. The van der Waals surface area contributed by atoms with Crippen LogP contribution in [-0.4, -0.2) is 34.6 Å². The molecule has 1 aliphatic rings. The molecule has 2 rings (SSSR count). The summed E-state index contributed by atoms with van der Waals surface area (Å²) >= 11 is 11.7. The fraction of sp³-hybridized carbons (Fsp3) is 0.385. The van der Waals surface area contributed by atoms with Gasteiger partial charge in [-0.2, -0.15) is 0 Å². The number of carbonyl (C=O) groups is 2. The molecular formula is C13H14Cl2N2O3. The van der Waals surface area contributed by atoms with Crippen LogP contribution in [0.4, 0.5) is 10.5 Å². The number of amides is 2. The Bertz CT molecular complexity index is 512. The highest BCUT2D eigenvalue weighted by atomic mass is 35.5. The zero-order chi connectivity index (χ0) is 14.7. The molecule has 2 N–H and O–H groups in total. The van der Waals surface area contributed by atoms with Gasteiger partial charge in [-0.25, -0.2) is 4.79 Å². The minimum Gasteiger partial charge on any atom is -0.481 e. The third kappa shape index (κ3) is 4.28. The van der Waals surface area contributed by atoms with Crippen molar-refractivity contribution in [1.82, 2.24) is 4.90 Å². The normalized spacial score (nSPS) is 13.9. The fourth-order valence-electron chi connectivity index (χ4n) is 1.87. The van der Waals surface area contributed by atoms with Crippen LogP contribution in [0.1, 0.15) is 19.3 Å². The van der Waals surface area contributed by atoms with E-state index in [2.05, 4.69) is 5.32 Å². The molecule has 20 heavy (non-hydrogen) atoms. The number of halogens is 2. The summed E-state index contributed by atoms with van der Waals surface area (Å²) in [4.78, 5) is 24.3. The van der Waals surface area contributed by atoms with E-state index in [9.17, 15) is 9.59 Å². The van der Waals surface area contributed by atoms with Crippen LogP contribution in [0.3, 0.4) is 0 Å². The van der Waals surface area contributed by atoms with Crippen molar-refractivity contribution in [1.29, 1.82) is 0 Å². The first-order chi connectivity index (χ1) is 9.45. The number of urea groups is 1. The minimum absolute atomic E-state index is 0.0692. The van der Waals surface area contributed by atoms with Crippen molar-refractivity contribution in [3.8, 4) is 0 Å². The molecule has 5 nitrogen and oxygen atoms in total. The second kappa shape index (κ2) is 6.33. The van der Waals surface area contributed by atoms with E-state index in [0.717, 1.165) is 12.8 Å². The van der Waals surface area contributed by atoms with Crippen molar-refractivity contribution in [3.05, 3.63) is 28.2 Å². The molecule has 7 heteroatoms. The maximum atomic E-state index is 12.2. The summed E-state index contributed by atoms with van der Waals surface area (Å²) in [6, 6.07) is 4.55. The Kier molecular flexibility index (Phi) is 4.73. The van der Waals surface area contributed by atoms with Crippen LogP contribution in [0.5, 0.6) is 0 Å². The topological polar surface area (TPSA) is 69.6 Å². The summed E-state index contributed by atoms with van der Waals surface area (Å²) in [7, 11) is 0. The maximum absolute atomic E-state index is 12.2. The van der Waals surface area contributed by atoms with Gasteiger partial charge in [0.1, 0.15) is 0 Å². The molecule has 1 aromatic carbocycles. The summed E-state index contributed by atoms with van der Waals surface area (Å²) < 4.78 is 0. The van der Waals surface area contributed by atoms with Gasteiger partial charge in [0.05, 0.1) is 6.42 Å². The molecular weight excluding hydrogens is 303 g/mol. The van der Waals surface area contributed by atoms with E-state index < -0.39 is 5.97 Å². The van der Waals surface area contributed by atoms with Crippen LogP contribution < -0.4 is 5.32 Å². The van der Waals surface area contributed by atoms with Crippen LogP contribution in [-0.2, 0) is 4.79 Å². The standard InChI is InChI=1S/C13H14Cl2N2O3/c14-8-5-9(15)7-10(6-8)16-13(20)17(11-1-2-11)4-3-12(18)19/h5-7,11H,1-4H2,(H,16,20)(H,18,19). The zero-order valence-electron chi connectivity index (χ0n) is 10.6. The number of aliphatic carboxylic acids is 1. The first-order valence-electron chi connectivity index (χ1n) is 6.21. The van der Waals surface area contributed by atoms with E-state index in [1.807, 2.05) is 0 Å². The first-order valence-corrected chi connectivity index (χ1v) is 6.97. The monoisotopic (exact) mass is 316 g/mol. The zero-order valence-corrected chi connectivity index (χ0v) is 12.1. The predicted octanol–water partition coefficient (Wildman–Crippen LogP) is 3.46. The summed E-state index contributed by atoms with van der Waals surface area (Å²) in [5.74, 6) is -0.922. The number of nitrogens with zero attached hydrogens (tertiary/aromatic N) is 1. The molecule has 0 atom stereocenters. The second-order valence-electron chi connectivity index (χ2n) is 4.66. The van der Waals surface area contributed by atoms with Crippen LogP contribution in [0.25, 0.3) is 0 Å². The predicted molar refractivity (Wildman–Crippen MR) is 77.5 cm³/mol. The highest BCUT2D eigenvalue weighted by Crippen LogP contribution is 2.28. The molecule has 0 saturated heterocycles. The number of carboxylic acids is 1. The number of hydrogen-bond acceptors (Lipinski definition) is 2. The second-order valence-corrected chi connectivity index (χ2v) is 5.53. The molecule has 1 aliphatic carbocycles. The maximum Gasteiger partial charge on any atom is 0.322 e. The van der Waals surface area contributed by atoms with Crippen molar-refractivity contribution in [2.24, 2.45) is 0 Å². The molecule has 1 aromatic rings. The van der Waals surface area contributed by atoms with Gasteiger partial charge >= 0.3 is 12.0 Å². The number of benzene rings is 1. The van der Waals surface area contributed by atoms with Gasteiger partial charge in [0.2, 0.25) is 0 Å². The van der Waals surface area contributed by atoms with Crippen molar-refractivity contribution >= 4 is 40.9 Å². The van der Waals surface area contributed by atoms with E-state index in [1.54, 1.807) is 23.1 Å². The summed E-state index contributed by atoms with van der Waals surface area (Å²) in [6.45, 7) is 0.195. The molecule has 2 amide bonds. The molecule has 0 spiro atoms. The van der Waals surface area contributed by atoms with Crippen molar-refractivity contribution < 1.29 is 14.7 Å². The van der Waals surface area contributed by atoms with Gasteiger partial charge in [0.25, 0.3) is 0 Å². The quantitative estimate of drug-likeness (QED) is 0.873. The van der Waals surface area contributed by atoms with E-state index >= 15 is 0 Å². The van der Waals surface area contributed by atoms with Gasteiger partial charge in [0, 0.05) is 28.3 Å². The number of nitrogens with one attached hydrogen (secondary N) is 1. The summed E-state index contributed by atoms with van der Waals surface area (Å²) in [6.07, 6.45) is 1.74. The molecule has 0 radical (unpaired) electrons. The molecule has 108 valence electrons. The number of rotatable bonds is 5. The SMILES string of the molecule is O=C(O)CCN(C(=O)Nc1cc(Cl)cc(Cl)c1)C1CC1. The van der Waals surface area contributed by atoms with Crippen molar-refractivity contribution in [3.63, 3.8) is 0 Å². The highest BCUT2D eigenvalue weighted by Gasteiger charge is 2.32. The average Bonchev–Trinajstić information content (AvgIpc) is 3.11. The molecule has 0 bridgehead atoms. The van der Waals surface area contributed by atoms with Crippen LogP contribution in [0.15, 0.2) is 18.2 Å². The molecule has 1 saturated carbocycles. The average molecular weight is 317 g/mol. The van der Waals surface area contributed by atoms with Gasteiger partial charge in [-0.1, -0.05) is 23.2 Å². The fourth-order valence-corrected chi connectivity index (χ4v) is 2.40. The third-order valence-electron chi connectivity index (χ3n) is 2.93. The Labute approximate surface area is 126 Å². The van der Waals surface area contributed by atoms with Gasteiger partial charge < -0.3 is 15.3 Å². The molecule has 0 aliphatic heterocycles. The largest absolute Gasteiger partial charge is 0.481 e.